The average molecular weight is 284 g/mol. The van der Waals surface area contributed by atoms with Crippen LogP contribution >= 0.6 is 11.6 Å². The number of hydrogen-bond donors (Lipinski definition) is 1. The highest BCUT2D eigenvalue weighted by atomic mass is 35.5. The minimum absolute atomic E-state index is 0.0952. The Balaban J connectivity index is 0.00000154. The third-order valence-electron chi connectivity index (χ3n) is 2.45. The molecule has 0 saturated carbocycles. The molecule has 0 spiro atoms. The van der Waals surface area contributed by atoms with Gasteiger partial charge < -0.3 is 5.32 Å². The molecule has 0 bridgehead atoms. The first-order chi connectivity index (χ1) is 9.10. The molecule has 0 aliphatic rings. The van der Waals surface area contributed by atoms with Crippen LogP contribution in [0.1, 0.15) is 50.0 Å². The summed E-state index contributed by atoms with van der Waals surface area (Å²) in [7, 11) is 0. The van der Waals surface area contributed by atoms with E-state index in [1.807, 2.05) is 20.8 Å². The highest BCUT2D eigenvalue weighted by Gasteiger charge is 2.16. The zero-order valence-corrected chi connectivity index (χ0v) is 12.8. The molecule has 1 amide bonds. The van der Waals surface area contributed by atoms with E-state index in [0.29, 0.717) is 29.1 Å². The second-order valence-electron chi connectivity index (χ2n) is 3.70. The topological polar surface area (TPSA) is 46.2 Å². The van der Waals surface area contributed by atoms with Gasteiger partial charge in [-0.2, -0.15) is 0 Å². The quantitative estimate of drug-likeness (QED) is 0.897. The molecule has 0 radical (unpaired) electrons. The number of nitrogens with one attached hydrogen (secondary N) is 1. The standard InChI is InChI=1S/C13H16ClNO2.C2H6/c1-3-10(16)8-9-6-5-7-11(14)12(9)13(17)15-4-2;1-2/h5-7H,3-4,8H2,1-2H3,(H,15,17);1-2H3. The van der Waals surface area contributed by atoms with E-state index >= 15 is 0 Å². The van der Waals surface area contributed by atoms with Crippen molar-refractivity contribution in [3.63, 3.8) is 0 Å². The van der Waals surface area contributed by atoms with Crippen molar-refractivity contribution < 1.29 is 9.59 Å². The number of carbonyl (C=O) groups excluding carboxylic acids is 2. The summed E-state index contributed by atoms with van der Waals surface area (Å²) < 4.78 is 0. The molecule has 0 atom stereocenters. The van der Waals surface area contributed by atoms with E-state index in [1.54, 1.807) is 25.1 Å². The van der Waals surface area contributed by atoms with Crippen LogP contribution in [0.5, 0.6) is 0 Å². The molecular formula is C15H22ClNO2. The van der Waals surface area contributed by atoms with E-state index in [-0.39, 0.29) is 18.1 Å². The monoisotopic (exact) mass is 283 g/mol. The van der Waals surface area contributed by atoms with Crippen molar-refractivity contribution >= 4 is 23.3 Å². The number of Topliss-reactive ketones (excluding diaryl/α,β-unsaturated/α-hetero) is 1. The summed E-state index contributed by atoms with van der Waals surface area (Å²) in [4.78, 5) is 23.3. The van der Waals surface area contributed by atoms with Gasteiger partial charge in [0.2, 0.25) is 0 Å². The van der Waals surface area contributed by atoms with Gasteiger partial charge in [-0.1, -0.05) is 44.5 Å². The molecule has 0 heterocycles. The van der Waals surface area contributed by atoms with Crippen LogP contribution in [0.2, 0.25) is 5.02 Å². The highest BCUT2D eigenvalue weighted by Crippen LogP contribution is 2.21. The van der Waals surface area contributed by atoms with Crippen molar-refractivity contribution in [3.05, 3.63) is 34.3 Å². The van der Waals surface area contributed by atoms with Crippen LogP contribution in [0, 0.1) is 0 Å². The summed E-state index contributed by atoms with van der Waals surface area (Å²) in [6.07, 6.45) is 0.713. The van der Waals surface area contributed by atoms with Gasteiger partial charge in [0.1, 0.15) is 5.78 Å². The fourth-order valence-electron chi connectivity index (χ4n) is 1.56. The lowest BCUT2D eigenvalue weighted by Gasteiger charge is -2.10. The fraction of sp³-hybridized carbons (Fsp3) is 0.467. The summed E-state index contributed by atoms with van der Waals surface area (Å²) in [6.45, 7) is 8.18. The average Bonchev–Trinajstić information content (AvgIpc) is 2.41. The van der Waals surface area contributed by atoms with E-state index in [2.05, 4.69) is 5.32 Å². The number of ketones is 1. The van der Waals surface area contributed by atoms with Gasteiger partial charge in [0.25, 0.3) is 5.91 Å². The summed E-state index contributed by atoms with van der Waals surface area (Å²) >= 11 is 6.01. The lowest BCUT2D eigenvalue weighted by atomic mass is 10.0. The van der Waals surface area contributed by atoms with Crippen LogP contribution in [-0.4, -0.2) is 18.2 Å². The lowest BCUT2D eigenvalue weighted by Crippen LogP contribution is -2.24. The Hall–Kier alpha value is -1.35. The Bertz CT molecular complexity index is 430. The second-order valence-corrected chi connectivity index (χ2v) is 4.11. The number of benzene rings is 1. The Labute approximate surface area is 120 Å². The number of amides is 1. The van der Waals surface area contributed by atoms with E-state index in [9.17, 15) is 9.59 Å². The van der Waals surface area contributed by atoms with E-state index in [4.69, 9.17) is 11.6 Å². The molecule has 0 aliphatic heterocycles. The summed E-state index contributed by atoms with van der Waals surface area (Å²) in [5.74, 6) is -0.130. The number of rotatable bonds is 5. The van der Waals surface area contributed by atoms with Gasteiger partial charge >= 0.3 is 0 Å². The predicted octanol–water partition coefficient (Wildman–Crippen LogP) is 3.64. The zero-order chi connectivity index (χ0) is 14.8. The molecule has 0 unspecified atom stereocenters. The van der Waals surface area contributed by atoms with Crippen LogP contribution < -0.4 is 5.32 Å². The number of halogens is 1. The molecule has 1 aromatic rings. The Morgan fingerprint density at radius 1 is 1.21 bits per heavy atom. The Kier molecular flexibility index (Phi) is 8.88. The largest absolute Gasteiger partial charge is 0.352 e. The van der Waals surface area contributed by atoms with Gasteiger partial charge in [0.05, 0.1) is 10.6 Å². The van der Waals surface area contributed by atoms with Gasteiger partial charge in [-0.15, -0.1) is 0 Å². The summed E-state index contributed by atoms with van der Waals surface area (Å²) in [6, 6.07) is 5.18. The molecule has 4 heteroatoms. The molecule has 0 aromatic heterocycles. The van der Waals surface area contributed by atoms with Crippen molar-refractivity contribution in [2.24, 2.45) is 0 Å². The first-order valence-electron chi connectivity index (χ1n) is 6.67. The van der Waals surface area contributed by atoms with Gasteiger partial charge in [-0.05, 0) is 18.6 Å². The molecule has 3 nitrogen and oxygen atoms in total. The molecule has 0 fully saturated rings. The smallest absolute Gasteiger partial charge is 0.253 e. The number of carbonyl (C=O) groups is 2. The van der Waals surface area contributed by atoms with Crippen molar-refractivity contribution in [2.75, 3.05) is 6.54 Å². The van der Waals surface area contributed by atoms with Crippen LogP contribution in [0.3, 0.4) is 0 Å². The number of hydrogen-bond acceptors (Lipinski definition) is 2. The van der Waals surface area contributed by atoms with Crippen LogP contribution in [0.25, 0.3) is 0 Å². The van der Waals surface area contributed by atoms with E-state index in [1.165, 1.54) is 0 Å². The fourth-order valence-corrected chi connectivity index (χ4v) is 1.84. The van der Waals surface area contributed by atoms with Crippen molar-refractivity contribution in [1.29, 1.82) is 0 Å². The highest BCUT2D eigenvalue weighted by molar-refractivity contribution is 6.34. The van der Waals surface area contributed by atoms with Crippen molar-refractivity contribution in [3.8, 4) is 0 Å². The molecule has 0 saturated heterocycles. The molecule has 19 heavy (non-hydrogen) atoms. The first kappa shape index (κ1) is 17.6. The molecule has 1 aromatic carbocycles. The maximum absolute atomic E-state index is 11.8. The predicted molar refractivity (Wildman–Crippen MR) is 79.8 cm³/mol. The van der Waals surface area contributed by atoms with Crippen LogP contribution in [0.4, 0.5) is 0 Å². The first-order valence-corrected chi connectivity index (χ1v) is 7.05. The van der Waals surface area contributed by atoms with Gasteiger partial charge in [0.15, 0.2) is 0 Å². The molecule has 1 rings (SSSR count). The van der Waals surface area contributed by atoms with Gasteiger partial charge in [0, 0.05) is 19.4 Å². The second kappa shape index (κ2) is 9.56. The third kappa shape index (κ3) is 5.43. The molecule has 0 aliphatic carbocycles. The Morgan fingerprint density at radius 3 is 2.37 bits per heavy atom. The van der Waals surface area contributed by atoms with E-state index < -0.39 is 0 Å². The minimum Gasteiger partial charge on any atom is -0.352 e. The summed E-state index contributed by atoms with van der Waals surface area (Å²) in [5, 5.41) is 3.09. The summed E-state index contributed by atoms with van der Waals surface area (Å²) in [5.41, 5.74) is 1.10. The molecule has 106 valence electrons. The van der Waals surface area contributed by atoms with Crippen molar-refractivity contribution in [1.82, 2.24) is 5.32 Å². The minimum atomic E-state index is -0.225. The van der Waals surface area contributed by atoms with Crippen molar-refractivity contribution in [2.45, 2.75) is 40.5 Å². The maximum Gasteiger partial charge on any atom is 0.253 e. The van der Waals surface area contributed by atoms with E-state index in [0.717, 1.165) is 0 Å². The third-order valence-corrected chi connectivity index (χ3v) is 2.76. The SMILES string of the molecule is CC.CCNC(=O)c1c(Cl)cccc1CC(=O)CC. The van der Waals surface area contributed by atoms with Gasteiger partial charge in [-0.3, -0.25) is 9.59 Å². The Morgan fingerprint density at radius 2 is 1.84 bits per heavy atom. The normalized spacial score (nSPS) is 9.32. The van der Waals surface area contributed by atoms with Crippen LogP contribution in [0.15, 0.2) is 18.2 Å². The lowest BCUT2D eigenvalue weighted by molar-refractivity contribution is -0.118. The van der Waals surface area contributed by atoms with Gasteiger partial charge in [-0.25, -0.2) is 0 Å². The molecular weight excluding hydrogens is 262 g/mol. The maximum atomic E-state index is 11.8. The zero-order valence-electron chi connectivity index (χ0n) is 12.0. The van der Waals surface area contributed by atoms with Crippen LogP contribution in [-0.2, 0) is 11.2 Å². The molecule has 1 N–H and O–H groups in total.